The molecule has 160 valence electrons. The molecular weight excluding hydrogens is 398 g/mol. The normalized spacial score (nSPS) is 17.0. The van der Waals surface area contributed by atoms with Crippen LogP contribution in [0.5, 0.6) is 0 Å². The van der Waals surface area contributed by atoms with Crippen LogP contribution in [-0.2, 0) is 9.59 Å². The van der Waals surface area contributed by atoms with Crippen molar-refractivity contribution in [3.63, 3.8) is 0 Å². The molecule has 3 rings (SSSR count). The number of hydrogen-bond donors (Lipinski definition) is 1. The number of nitrogens with zero attached hydrogens (tertiary/aromatic N) is 2. The number of aryl methyl sites for hydroxylation is 1. The molecule has 1 aromatic heterocycles. The Labute approximate surface area is 181 Å². The number of nitrogens with one attached hydrogen (secondary N) is 1. The molecule has 3 amide bonds. The lowest BCUT2D eigenvalue weighted by Crippen LogP contribution is -2.53. The number of benzene rings is 1. The minimum Gasteiger partial charge on any atom is -0.329 e. The standard InChI is InChI=1S/C23H29N3O3S/c1-15-14-18(24-22(29)23(2,3)4)30-19(15)21(28)25(5)17-12-9-13-26(20(17)27)16-10-7-6-8-11-16/h6-8,10-11,14,17H,9,12-13H2,1-5H3,(H,24,29). The van der Waals surface area contributed by atoms with Crippen molar-refractivity contribution in [2.75, 3.05) is 23.8 Å². The van der Waals surface area contributed by atoms with Crippen molar-refractivity contribution >= 4 is 39.7 Å². The first-order valence-corrected chi connectivity index (χ1v) is 11.0. The van der Waals surface area contributed by atoms with E-state index in [2.05, 4.69) is 5.32 Å². The van der Waals surface area contributed by atoms with Crippen molar-refractivity contribution in [3.8, 4) is 0 Å². The first-order chi connectivity index (χ1) is 14.1. The van der Waals surface area contributed by atoms with Crippen LogP contribution in [0.3, 0.4) is 0 Å². The summed E-state index contributed by atoms with van der Waals surface area (Å²) in [6.45, 7) is 8.03. The van der Waals surface area contributed by atoms with Gasteiger partial charge in [-0.2, -0.15) is 0 Å². The highest BCUT2D eigenvalue weighted by atomic mass is 32.1. The number of rotatable bonds is 4. The topological polar surface area (TPSA) is 69.7 Å². The van der Waals surface area contributed by atoms with Gasteiger partial charge in [-0.1, -0.05) is 39.0 Å². The Bertz CT molecular complexity index is 946. The summed E-state index contributed by atoms with van der Waals surface area (Å²) in [5, 5.41) is 3.53. The van der Waals surface area contributed by atoms with Gasteiger partial charge in [0.05, 0.1) is 9.88 Å². The summed E-state index contributed by atoms with van der Waals surface area (Å²) in [6.07, 6.45) is 1.47. The highest BCUT2D eigenvalue weighted by Gasteiger charge is 2.35. The first-order valence-electron chi connectivity index (χ1n) is 10.1. The zero-order valence-corrected chi connectivity index (χ0v) is 19.0. The molecule has 0 bridgehead atoms. The van der Waals surface area contributed by atoms with Crippen LogP contribution in [0.2, 0.25) is 0 Å². The number of piperidine rings is 1. The van der Waals surface area contributed by atoms with E-state index in [0.29, 0.717) is 22.8 Å². The monoisotopic (exact) mass is 427 g/mol. The zero-order valence-electron chi connectivity index (χ0n) is 18.2. The summed E-state index contributed by atoms with van der Waals surface area (Å²) in [6, 6.07) is 10.9. The van der Waals surface area contributed by atoms with E-state index in [-0.39, 0.29) is 17.7 Å². The molecule has 6 nitrogen and oxygen atoms in total. The van der Waals surface area contributed by atoms with Crippen LogP contribution in [0.1, 0.15) is 48.8 Å². The van der Waals surface area contributed by atoms with E-state index in [1.54, 1.807) is 16.8 Å². The quantitative estimate of drug-likeness (QED) is 0.791. The van der Waals surface area contributed by atoms with Gasteiger partial charge in [0.2, 0.25) is 11.8 Å². The highest BCUT2D eigenvalue weighted by Crippen LogP contribution is 2.31. The van der Waals surface area contributed by atoms with E-state index in [9.17, 15) is 14.4 Å². The highest BCUT2D eigenvalue weighted by molar-refractivity contribution is 7.18. The van der Waals surface area contributed by atoms with Gasteiger partial charge in [-0.3, -0.25) is 14.4 Å². The second kappa shape index (κ2) is 8.60. The van der Waals surface area contributed by atoms with Gasteiger partial charge >= 0.3 is 0 Å². The molecule has 1 N–H and O–H groups in total. The smallest absolute Gasteiger partial charge is 0.264 e. The Morgan fingerprint density at radius 1 is 1.20 bits per heavy atom. The van der Waals surface area contributed by atoms with Crippen molar-refractivity contribution in [1.29, 1.82) is 0 Å². The average molecular weight is 428 g/mol. The third kappa shape index (κ3) is 4.56. The number of para-hydroxylation sites is 1. The molecule has 1 aliphatic heterocycles. The SMILES string of the molecule is Cc1cc(NC(=O)C(C)(C)C)sc1C(=O)N(C)C1CCCN(c2ccccc2)C1=O. The summed E-state index contributed by atoms with van der Waals surface area (Å²) in [4.78, 5) is 42.5. The lowest BCUT2D eigenvalue weighted by Gasteiger charge is -2.36. The first kappa shape index (κ1) is 22.0. The van der Waals surface area contributed by atoms with Crippen LogP contribution in [0.15, 0.2) is 36.4 Å². The summed E-state index contributed by atoms with van der Waals surface area (Å²) < 4.78 is 0. The average Bonchev–Trinajstić information content (AvgIpc) is 3.07. The molecular formula is C23H29N3O3S. The molecule has 1 fully saturated rings. The Kier molecular flexibility index (Phi) is 6.31. The Hall–Kier alpha value is -2.67. The third-order valence-corrected chi connectivity index (χ3v) is 6.44. The largest absolute Gasteiger partial charge is 0.329 e. The van der Waals surface area contributed by atoms with Crippen LogP contribution >= 0.6 is 11.3 Å². The van der Waals surface area contributed by atoms with Gasteiger partial charge in [-0.25, -0.2) is 0 Å². The molecule has 1 atom stereocenters. The van der Waals surface area contributed by atoms with Gasteiger partial charge < -0.3 is 15.1 Å². The molecule has 7 heteroatoms. The fourth-order valence-corrected chi connectivity index (χ4v) is 4.49. The van der Waals surface area contributed by atoms with E-state index in [4.69, 9.17) is 0 Å². The van der Waals surface area contributed by atoms with Crippen molar-refractivity contribution in [3.05, 3.63) is 46.8 Å². The number of carbonyl (C=O) groups excluding carboxylic acids is 3. The van der Waals surface area contributed by atoms with E-state index in [1.165, 1.54) is 11.3 Å². The molecule has 0 radical (unpaired) electrons. The molecule has 0 aliphatic carbocycles. The van der Waals surface area contributed by atoms with Crippen molar-refractivity contribution in [1.82, 2.24) is 4.90 Å². The third-order valence-electron chi connectivity index (χ3n) is 5.30. The fourth-order valence-electron chi connectivity index (χ4n) is 3.44. The van der Waals surface area contributed by atoms with Gasteiger partial charge in [0, 0.05) is 24.7 Å². The molecule has 2 aromatic rings. The second-order valence-corrected chi connectivity index (χ2v) is 9.78. The summed E-state index contributed by atoms with van der Waals surface area (Å²) >= 11 is 1.25. The van der Waals surface area contributed by atoms with Crippen molar-refractivity contribution in [2.45, 2.75) is 46.6 Å². The number of likely N-dealkylation sites (N-methyl/N-ethyl adjacent to an activating group) is 1. The van der Waals surface area contributed by atoms with Crippen LogP contribution in [-0.4, -0.2) is 42.3 Å². The number of thiophene rings is 1. The van der Waals surface area contributed by atoms with E-state index < -0.39 is 11.5 Å². The van der Waals surface area contributed by atoms with Crippen molar-refractivity contribution in [2.24, 2.45) is 5.41 Å². The molecule has 1 saturated heterocycles. The maximum Gasteiger partial charge on any atom is 0.264 e. The second-order valence-electron chi connectivity index (χ2n) is 8.73. The fraction of sp³-hybridized carbons (Fsp3) is 0.435. The predicted octanol–water partition coefficient (Wildman–Crippen LogP) is 4.31. The van der Waals surface area contributed by atoms with Crippen LogP contribution in [0, 0.1) is 12.3 Å². The van der Waals surface area contributed by atoms with Gasteiger partial charge in [-0.15, -0.1) is 11.3 Å². The molecule has 1 aliphatic rings. The van der Waals surface area contributed by atoms with E-state index >= 15 is 0 Å². The summed E-state index contributed by atoms with van der Waals surface area (Å²) in [7, 11) is 1.69. The summed E-state index contributed by atoms with van der Waals surface area (Å²) in [5.74, 6) is -0.349. The minimum absolute atomic E-state index is 0.0567. The van der Waals surface area contributed by atoms with Gasteiger partial charge in [-0.05, 0) is 43.5 Å². The zero-order chi connectivity index (χ0) is 22.1. The van der Waals surface area contributed by atoms with Crippen LogP contribution in [0.25, 0.3) is 0 Å². The number of carbonyl (C=O) groups is 3. The molecule has 0 saturated carbocycles. The molecule has 2 heterocycles. The van der Waals surface area contributed by atoms with E-state index in [1.807, 2.05) is 64.1 Å². The minimum atomic E-state index is -0.520. The summed E-state index contributed by atoms with van der Waals surface area (Å²) in [5.41, 5.74) is 1.13. The van der Waals surface area contributed by atoms with Crippen LogP contribution in [0.4, 0.5) is 10.7 Å². The molecule has 0 spiro atoms. The van der Waals surface area contributed by atoms with Gasteiger partial charge in [0.1, 0.15) is 6.04 Å². The Balaban J connectivity index is 1.77. The molecule has 30 heavy (non-hydrogen) atoms. The lowest BCUT2D eigenvalue weighted by molar-refractivity contribution is -0.124. The lowest BCUT2D eigenvalue weighted by atomic mass is 9.96. The van der Waals surface area contributed by atoms with Crippen molar-refractivity contribution < 1.29 is 14.4 Å². The Morgan fingerprint density at radius 3 is 2.50 bits per heavy atom. The maximum atomic E-state index is 13.2. The van der Waals surface area contributed by atoms with Gasteiger partial charge in [0.25, 0.3) is 5.91 Å². The molecule has 1 unspecified atom stereocenters. The van der Waals surface area contributed by atoms with Crippen LogP contribution < -0.4 is 10.2 Å². The Morgan fingerprint density at radius 2 is 1.87 bits per heavy atom. The maximum absolute atomic E-state index is 13.2. The predicted molar refractivity (Wildman–Crippen MR) is 121 cm³/mol. The number of amides is 3. The van der Waals surface area contributed by atoms with Gasteiger partial charge in [0.15, 0.2) is 0 Å². The number of hydrogen-bond acceptors (Lipinski definition) is 4. The number of anilines is 2. The van der Waals surface area contributed by atoms with E-state index in [0.717, 1.165) is 17.7 Å². The molecule has 1 aromatic carbocycles.